The summed E-state index contributed by atoms with van der Waals surface area (Å²) in [6, 6.07) is 0. The van der Waals surface area contributed by atoms with Crippen LogP contribution in [-0.4, -0.2) is 28.0 Å². The van der Waals surface area contributed by atoms with E-state index in [1.165, 1.54) is 0 Å². The normalized spacial score (nSPS) is 28.2. The van der Waals surface area contributed by atoms with Gasteiger partial charge in [-0.05, 0) is 18.9 Å². The summed E-state index contributed by atoms with van der Waals surface area (Å²) in [5.74, 6) is -0.00782. The third-order valence-corrected chi connectivity index (χ3v) is 1.86. The van der Waals surface area contributed by atoms with E-state index in [-0.39, 0.29) is 18.3 Å². The second kappa shape index (κ2) is 3.03. The third kappa shape index (κ3) is 1.30. The molecule has 3 nitrogen and oxygen atoms in total. The number of aliphatic hydroxyl groups is 3. The fourth-order valence-corrected chi connectivity index (χ4v) is 1.23. The van der Waals surface area contributed by atoms with Crippen molar-refractivity contribution in [3.05, 3.63) is 11.8 Å². The molecule has 0 heterocycles. The van der Waals surface area contributed by atoms with Crippen LogP contribution < -0.4 is 0 Å². The molecule has 0 aliphatic heterocycles. The zero-order chi connectivity index (χ0) is 7.56. The summed E-state index contributed by atoms with van der Waals surface area (Å²) in [5.41, 5.74) is 0. The van der Waals surface area contributed by atoms with Crippen LogP contribution in [0.25, 0.3) is 0 Å². The topological polar surface area (TPSA) is 60.7 Å². The molecule has 58 valence electrons. The van der Waals surface area contributed by atoms with Crippen molar-refractivity contribution in [2.45, 2.75) is 18.9 Å². The minimum atomic E-state index is -0.793. The highest BCUT2D eigenvalue weighted by molar-refractivity contribution is 5.06. The van der Waals surface area contributed by atoms with Gasteiger partial charge in [-0.15, -0.1) is 0 Å². The minimum absolute atomic E-state index is 0.224. The van der Waals surface area contributed by atoms with E-state index in [2.05, 4.69) is 0 Å². The van der Waals surface area contributed by atoms with Gasteiger partial charge in [0, 0.05) is 5.92 Å². The van der Waals surface area contributed by atoms with Crippen LogP contribution in [0.2, 0.25) is 0 Å². The monoisotopic (exact) mass is 144 g/mol. The van der Waals surface area contributed by atoms with Crippen molar-refractivity contribution in [3.8, 4) is 0 Å². The van der Waals surface area contributed by atoms with Gasteiger partial charge in [0.15, 0.2) is 0 Å². The van der Waals surface area contributed by atoms with Gasteiger partial charge in [-0.25, -0.2) is 0 Å². The first-order chi connectivity index (χ1) is 4.75. The van der Waals surface area contributed by atoms with Gasteiger partial charge in [0.05, 0.1) is 18.5 Å². The standard InChI is InChI=1S/C7H12O3/c8-4-7(10)5-2-1-3-6(5)9/h3,5,7-10H,1-2,4H2. The Morgan fingerprint density at radius 1 is 1.70 bits per heavy atom. The Labute approximate surface area is 59.6 Å². The summed E-state index contributed by atoms with van der Waals surface area (Å²) in [5, 5.41) is 26.7. The maximum Gasteiger partial charge on any atom is 0.0940 e. The van der Waals surface area contributed by atoms with Gasteiger partial charge in [0.25, 0.3) is 0 Å². The summed E-state index contributed by atoms with van der Waals surface area (Å²) in [6.07, 6.45) is 2.43. The fourth-order valence-electron chi connectivity index (χ4n) is 1.23. The number of hydrogen-bond acceptors (Lipinski definition) is 3. The lowest BCUT2D eigenvalue weighted by molar-refractivity contribution is 0.0465. The van der Waals surface area contributed by atoms with E-state index in [4.69, 9.17) is 15.3 Å². The van der Waals surface area contributed by atoms with Crippen LogP contribution in [0.1, 0.15) is 12.8 Å². The van der Waals surface area contributed by atoms with Gasteiger partial charge in [-0.3, -0.25) is 0 Å². The number of aliphatic hydroxyl groups excluding tert-OH is 3. The molecule has 0 aromatic heterocycles. The Bertz CT molecular complexity index is 142. The molecule has 0 radical (unpaired) electrons. The maximum atomic E-state index is 9.08. The van der Waals surface area contributed by atoms with Crippen LogP contribution >= 0.6 is 0 Å². The van der Waals surface area contributed by atoms with E-state index >= 15 is 0 Å². The van der Waals surface area contributed by atoms with Crippen molar-refractivity contribution in [3.63, 3.8) is 0 Å². The van der Waals surface area contributed by atoms with Gasteiger partial charge in [0.1, 0.15) is 0 Å². The Kier molecular flexibility index (Phi) is 2.29. The van der Waals surface area contributed by atoms with Crippen molar-refractivity contribution >= 4 is 0 Å². The van der Waals surface area contributed by atoms with Gasteiger partial charge in [-0.1, -0.05) is 0 Å². The first-order valence-electron chi connectivity index (χ1n) is 3.43. The molecule has 1 aliphatic rings. The lowest BCUT2D eigenvalue weighted by atomic mass is 10.0. The Hall–Kier alpha value is -0.540. The number of allylic oxidation sites excluding steroid dienone is 1. The van der Waals surface area contributed by atoms with E-state index in [0.29, 0.717) is 0 Å². The molecule has 0 saturated heterocycles. The van der Waals surface area contributed by atoms with Crippen LogP contribution in [0.15, 0.2) is 11.8 Å². The molecule has 0 fully saturated rings. The summed E-state index contributed by atoms with van der Waals surface area (Å²) >= 11 is 0. The van der Waals surface area contributed by atoms with Crippen molar-refractivity contribution in [1.29, 1.82) is 0 Å². The molecular weight excluding hydrogens is 132 g/mol. The van der Waals surface area contributed by atoms with E-state index in [0.717, 1.165) is 12.8 Å². The molecule has 3 N–H and O–H groups in total. The van der Waals surface area contributed by atoms with Crippen LogP contribution in [0, 0.1) is 5.92 Å². The van der Waals surface area contributed by atoms with E-state index in [9.17, 15) is 0 Å². The first-order valence-corrected chi connectivity index (χ1v) is 3.43. The molecule has 1 aliphatic carbocycles. The highest BCUT2D eigenvalue weighted by Gasteiger charge is 2.25. The molecule has 2 atom stereocenters. The van der Waals surface area contributed by atoms with E-state index in [1.54, 1.807) is 6.08 Å². The number of rotatable bonds is 2. The summed E-state index contributed by atoms with van der Waals surface area (Å²) < 4.78 is 0. The van der Waals surface area contributed by atoms with E-state index < -0.39 is 6.10 Å². The second-order valence-corrected chi connectivity index (χ2v) is 2.56. The van der Waals surface area contributed by atoms with Crippen molar-refractivity contribution in [1.82, 2.24) is 0 Å². The Morgan fingerprint density at radius 3 is 2.80 bits per heavy atom. The van der Waals surface area contributed by atoms with Crippen molar-refractivity contribution < 1.29 is 15.3 Å². The van der Waals surface area contributed by atoms with Gasteiger partial charge < -0.3 is 15.3 Å². The summed E-state index contributed by atoms with van der Waals surface area (Å²) in [6.45, 7) is -0.275. The smallest absolute Gasteiger partial charge is 0.0940 e. The average molecular weight is 144 g/mol. The summed E-state index contributed by atoms with van der Waals surface area (Å²) in [4.78, 5) is 0. The molecular formula is C7H12O3. The van der Waals surface area contributed by atoms with Crippen LogP contribution in [0.4, 0.5) is 0 Å². The van der Waals surface area contributed by atoms with Gasteiger partial charge >= 0.3 is 0 Å². The van der Waals surface area contributed by atoms with Gasteiger partial charge in [0.2, 0.25) is 0 Å². The van der Waals surface area contributed by atoms with Crippen LogP contribution in [0.3, 0.4) is 0 Å². The zero-order valence-electron chi connectivity index (χ0n) is 5.70. The first kappa shape index (κ1) is 7.57. The van der Waals surface area contributed by atoms with Gasteiger partial charge in [-0.2, -0.15) is 0 Å². The molecule has 2 unspecified atom stereocenters. The lowest BCUT2D eigenvalue weighted by Crippen LogP contribution is -2.23. The van der Waals surface area contributed by atoms with Crippen LogP contribution in [0.5, 0.6) is 0 Å². The average Bonchev–Trinajstić information content (AvgIpc) is 2.34. The largest absolute Gasteiger partial charge is 0.512 e. The highest BCUT2D eigenvalue weighted by Crippen LogP contribution is 2.26. The Morgan fingerprint density at radius 2 is 2.40 bits per heavy atom. The quantitative estimate of drug-likeness (QED) is 0.518. The molecule has 0 spiro atoms. The molecule has 3 heteroatoms. The Balaban J connectivity index is 2.49. The zero-order valence-corrected chi connectivity index (χ0v) is 5.70. The molecule has 0 amide bonds. The second-order valence-electron chi connectivity index (χ2n) is 2.56. The molecule has 1 rings (SSSR count). The lowest BCUT2D eigenvalue weighted by Gasteiger charge is -2.14. The maximum absolute atomic E-state index is 9.08. The van der Waals surface area contributed by atoms with E-state index in [1.807, 2.05) is 0 Å². The van der Waals surface area contributed by atoms with Crippen molar-refractivity contribution in [2.75, 3.05) is 6.61 Å². The molecule has 0 bridgehead atoms. The van der Waals surface area contributed by atoms with Crippen molar-refractivity contribution in [2.24, 2.45) is 5.92 Å². The predicted molar refractivity (Wildman–Crippen MR) is 36.5 cm³/mol. The molecule has 0 aromatic rings. The third-order valence-electron chi connectivity index (χ3n) is 1.86. The van der Waals surface area contributed by atoms with Crippen LogP contribution in [-0.2, 0) is 0 Å². The molecule has 10 heavy (non-hydrogen) atoms. The number of hydrogen-bond donors (Lipinski definition) is 3. The predicted octanol–water partition coefficient (Wildman–Crippen LogP) is 0.191. The molecule has 0 aromatic carbocycles. The molecule has 0 saturated carbocycles. The highest BCUT2D eigenvalue weighted by atomic mass is 16.3. The summed E-state index contributed by atoms with van der Waals surface area (Å²) in [7, 11) is 0. The SMILES string of the molecule is OCC(O)C1CCC=C1O. The fraction of sp³-hybridized carbons (Fsp3) is 0.714. The minimum Gasteiger partial charge on any atom is -0.512 e.